The van der Waals surface area contributed by atoms with Gasteiger partial charge in [-0.1, -0.05) is 30.3 Å². The van der Waals surface area contributed by atoms with Gasteiger partial charge >= 0.3 is 11.9 Å². The lowest BCUT2D eigenvalue weighted by molar-refractivity contribution is -0.142. The number of benzene rings is 1. The van der Waals surface area contributed by atoms with Crippen molar-refractivity contribution in [2.75, 3.05) is 13.2 Å². The van der Waals surface area contributed by atoms with E-state index in [9.17, 15) is 34.2 Å². The molecule has 0 saturated heterocycles. The highest BCUT2D eigenvalue weighted by Gasteiger charge is 2.30. The molecule has 37 heavy (non-hydrogen) atoms. The summed E-state index contributed by atoms with van der Waals surface area (Å²) in [5.41, 5.74) is 16.7. The van der Waals surface area contributed by atoms with Crippen molar-refractivity contribution in [2.24, 2.45) is 22.2 Å². The molecule has 0 aliphatic rings. The third-order valence-electron chi connectivity index (χ3n) is 5.02. The zero-order valence-electron chi connectivity index (χ0n) is 20.0. The zero-order valence-corrected chi connectivity index (χ0v) is 20.0. The summed E-state index contributed by atoms with van der Waals surface area (Å²) in [5, 5.41) is 34.8. The minimum Gasteiger partial charge on any atom is -0.481 e. The molecule has 1 rings (SSSR count). The first kappa shape index (κ1) is 30.8. The van der Waals surface area contributed by atoms with Gasteiger partial charge in [0.15, 0.2) is 5.96 Å². The standard InChI is InChI=1S/C22H33N7O8/c23-13(10-17(31)32)18(33)29-16(11-30)20(35)27-14(7-4-8-26-22(24)25)19(34)28-15(21(36)37)9-12-5-2-1-3-6-12/h1-3,5-6,13-16,30H,4,7-11,23H2,(H,27,35)(H,28,34)(H,29,33)(H,31,32)(H,36,37)(H4,24,25,26). The highest BCUT2D eigenvalue weighted by atomic mass is 16.4. The molecule has 15 nitrogen and oxygen atoms in total. The van der Waals surface area contributed by atoms with Crippen molar-refractivity contribution in [3.63, 3.8) is 0 Å². The maximum atomic E-state index is 13.0. The van der Waals surface area contributed by atoms with Crippen LogP contribution < -0.4 is 33.2 Å². The van der Waals surface area contributed by atoms with E-state index in [1.807, 2.05) is 0 Å². The van der Waals surface area contributed by atoms with E-state index >= 15 is 0 Å². The number of carbonyl (C=O) groups excluding carboxylic acids is 3. The van der Waals surface area contributed by atoms with Crippen molar-refractivity contribution in [2.45, 2.75) is 49.9 Å². The van der Waals surface area contributed by atoms with Gasteiger partial charge in [0, 0.05) is 13.0 Å². The molecule has 12 N–H and O–H groups in total. The van der Waals surface area contributed by atoms with E-state index in [1.165, 1.54) is 0 Å². The van der Waals surface area contributed by atoms with Crippen molar-refractivity contribution in [1.82, 2.24) is 16.0 Å². The summed E-state index contributed by atoms with van der Waals surface area (Å²) in [5.74, 6) is -5.62. The number of rotatable bonds is 16. The maximum Gasteiger partial charge on any atom is 0.326 e. The summed E-state index contributed by atoms with van der Waals surface area (Å²) < 4.78 is 0. The SMILES string of the molecule is NC(N)=NCCCC(NC(=O)C(CO)NC(=O)C(N)CC(=O)O)C(=O)NC(Cc1ccccc1)C(=O)O. The lowest BCUT2D eigenvalue weighted by atomic mass is 10.0. The van der Waals surface area contributed by atoms with Crippen molar-refractivity contribution < 1.29 is 39.3 Å². The van der Waals surface area contributed by atoms with E-state index in [0.29, 0.717) is 5.56 Å². The van der Waals surface area contributed by atoms with Gasteiger partial charge in [0.1, 0.15) is 18.1 Å². The summed E-state index contributed by atoms with van der Waals surface area (Å²) in [6, 6.07) is 2.95. The summed E-state index contributed by atoms with van der Waals surface area (Å²) in [4.78, 5) is 64.0. The van der Waals surface area contributed by atoms with Crippen LogP contribution in [0.25, 0.3) is 0 Å². The Bertz CT molecular complexity index is 969. The third kappa shape index (κ3) is 11.8. The highest BCUT2D eigenvalue weighted by Crippen LogP contribution is 2.06. The molecule has 0 aliphatic heterocycles. The first-order valence-electron chi connectivity index (χ1n) is 11.3. The van der Waals surface area contributed by atoms with Gasteiger partial charge in [0.05, 0.1) is 19.1 Å². The Morgan fingerprint density at radius 1 is 0.865 bits per heavy atom. The Morgan fingerprint density at radius 2 is 1.43 bits per heavy atom. The molecular formula is C22H33N7O8. The molecule has 3 amide bonds. The number of aliphatic hydroxyl groups is 1. The van der Waals surface area contributed by atoms with Crippen LogP contribution in [-0.4, -0.2) is 88.3 Å². The molecule has 0 radical (unpaired) electrons. The zero-order chi connectivity index (χ0) is 28.0. The van der Waals surface area contributed by atoms with E-state index in [-0.39, 0.29) is 31.8 Å². The fourth-order valence-electron chi connectivity index (χ4n) is 3.12. The van der Waals surface area contributed by atoms with Gasteiger partial charge in [0.25, 0.3) is 0 Å². The van der Waals surface area contributed by atoms with Crippen molar-refractivity contribution in [1.29, 1.82) is 0 Å². The molecule has 1 aromatic rings. The predicted octanol–water partition coefficient (Wildman–Crippen LogP) is -3.38. The second kappa shape index (κ2) is 15.7. The van der Waals surface area contributed by atoms with Crippen molar-refractivity contribution in [3.05, 3.63) is 35.9 Å². The second-order valence-corrected chi connectivity index (χ2v) is 8.05. The largest absolute Gasteiger partial charge is 0.481 e. The molecule has 4 unspecified atom stereocenters. The average Bonchev–Trinajstić information content (AvgIpc) is 2.83. The second-order valence-electron chi connectivity index (χ2n) is 8.05. The Hall–Kier alpha value is -4.24. The van der Waals surface area contributed by atoms with Gasteiger partial charge in [-0.2, -0.15) is 0 Å². The Morgan fingerprint density at radius 3 is 1.97 bits per heavy atom. The van der Waals surface area contributed by atoms with Gasteiger partial charge in [-0.3, -0.25) is 24.2 Å². The van der Waals surface area contributed by atoms with Crippen molar-refractivity contribution >= 4 is 35.6 Å². The van der Waals surface area contributed by atoms with E-state index in [1.54, 1.807) is 30.3 Å². The third-order valence-corrected chi connectivity index (χ3v) is 5.02. The molecule has 0 fully saturated rings. The predicted molar refractivity (Wildman–Crippen MR) is 131 cm³/mol. The highest BCUT2D eigenvalue weighted by molar-refractivity contribution is 5.94. The lowest BCUT2D eigenvalue weighted by Gasteiger charge is -2.24. The number of aliphatic imine (C=N–C) groups is 1. The van der Waals surface area contributed by atoms with Gasteiger partial charge in [-0.25, -0.2) is 4.79 Å². The normalized spacial score (nSPS) is 13.8. The van der Waals surface area contributed by atoms with E-state index < -0.39 is 66.9 Å². The minimum atomic E-state index is -1.56. The molecule has 0 saturated carbocycles. The number of nitrogens with zero attached hydrogens (tertiary/aromatic N) is 1. The van der Waals surface area contributed by atoms with Crippen LogP contribution in [-0.2, 0) is 30.4 Å². The summed E-state index contributed by atoms with van der Waals surface area (Å²) in [7, 11) is 0. The molecule has 0 bridgehead atoms. The molecule has 204 valence electrons. The molecule has 1 aromatic carbocycles. The number of carboxylic acid groups (broad SMARTS) is 2. The lowest BCUT2D eigenvalue weighted by Crippen LogP contribution is -2.58. The number of carboxylic acids is 2. The van der Waals surface area contributed by atoms with E-state index in [0.717, 1.165) is 0 Å². The number of aliphatic hydroxyl groups excluding tert-OH is 1. The van der Waals surface area contributed by atoms with Crippen LogP contribution in [0, 0.1) is 0 Å². The number of hydrogen-bond acceptors (Lipinski definition) is 8. The number of amides is 3. The first-order chi connectivity index (χ1) is 17.4. The smallest absolute Gasteiger partial charge is 0.326 e. The number of guanidine groups is 1. The molecular weight excluding hydrogens is 490 g/mol. The average molecular weight is 524 g/mol. The Balaban J connectivity index is 2.97. The number of nitrogens with one attached hydrogen (secondary N) is 3. The number of nitrogens with two attached hydrogens (primary N) is 3. The van der Waals surface area contributed by atoms with Crippen LogP contribution in [0.2, 0.25) is 0 Å². The van der Waals surface area contributed by atoms with Crippen molar-refractivity contribution in [3.8, 4) is 0 Å². The molecule has 0 aromatic heterocycles. The molecule has 0 spiro atoms. The number of hydrogen-bond donors (Lipinski definition) is 9. The number of carbonyl (C=O) groups is 5. The summed E-state index contributed by atoms with van der Waals surface area (Å²) in [6.07, 6.45) is -0.532. The topological polar surface area (TPSA) is 273 Å². The monoisotopic (exact) mass is 523 g/mol. The van der Waals surface area contributed by atoms with E-state index in [4.69, 9.17) is 22.3 Å². The maximum absolute atomic E-state index is 13.0. The van der Waals surface area contributed by atoms with Gasteiger partial charge in [0.2, 0.25) is 17.7 Å². The first-order valence-corrected chi connectivity index (χ1v) is 11.3. The minimum absolute atomic E-state index is 0.0172. The summed E-state index contributed by atoms with van der Waals surface area (Å²) >= 11 is 0. The fraction of sp³-hybridized carbons (Fsp3) is 0.455. The molecule has 0 aliphatic carbocycles. The molecule has 15 heteroatoms. The van der Waals surface area contributed by atoms with Crippen LogP contribution in [0.3, 0.4) is 0 Å². The van der Waals surface area contributed by atoms with Crippen LogP contribution in [0.4, 0.5) is 0 Å². The number of aliphatic carboxylic acids is 2. The van der Waals surface area contributed by atoms with Crippen LogP contribution in [0.1, 0.15) is 24.8 Å². The molecule has 0 heterocycles. The van der Waals surface area contributed by atoms with Gasteiger partial charge in [-0.15, -0.1) is 0 Å². The molecule has 4 atom stereocenters. The summed E-state index contributed by atoms with van der Waals surface area (Å²) in [6.45, 7) is -0.774. The van der Waals surface area contributed by atoms with Crippen LogP contribution in [0.5, 0.6) is 0 Å². The van der Waals surface area contributed by atoms with E-state index in [2.05, 4.69) is 20.9 Å². The quantitative estimate of drug-likeness (QED) is 0.0585. The van der Waals surface area contributed by atoms with Crippen LogP contribution in [0.15, 0.2) is 35.3 Å². The van der Waals surface area contributed by atoms with Gasteiger partial charge in [-0.05, 0) is 18.4 Å². The fourth-order valence-corrected chi connectivity index (χ4v) is 3.12. The van der Waals surface area contributed by atoms with Gasteiger partial charge < -0.3 is 48.5 Å². The van der Waals surface area contributed by atoms with Crippen LogP contribution >= 0.6 is 0 Å². The Labute approximate surface area is 212 Å². The Kier molecular flexibility index (Phi) is 13.1.